The van der Waals surface area contributed by atoms with Gasteiger partial charge in [-0.15, -0.1) is 0 Å². The van der Waals surface area contributed by atoms with Gasteiger partial charge >= 0.3 is 0 Å². The highest BCUT2D eigenvalue weighted by Crippen LogP contribution is 2.35. The van der Waals surface area contributed by atoms with Gasteiger partial charge in [-0.05, 0) is 59.3 Å². The Labute approximate surface area is 199 Å². The second-order valence-corrected chi connectivity index (χ2v) is 8.54. The summed E-state index contributed by atoms with van der Waals surface area (Å²) in [5, 5.41) is 9.13. The number of carbonyl (C=O) groups excluding carboxylic acids is 2. The third kappa shape index (κ3) is 5.25. The number of hydrogen-bond acceptors (Lipinski definition) is 5. The van der Waals surface area contributed by atoms with E-state index in [-0.39, 0.29) is 23.9 Å². The smallest absolute Gasteiger partial charge is 0.293 e. The molecule has 0 aliphatic carbocycles. The second kappa shape index (κ2) is 9.90. The van der Waals surface area contributed by atoms with E-state index in [1.165, 1.54) is 24.3 Å². The molecular weight excluding hydrogens is 463 g/mol. The lowest BCUT2D eigenvalue weighted by atomic mass is 10.1. The lowest BCUT2D eigenvalue weighted by Gasteiger charge is -2.12. The average molecular weight is 479 g/mol. The number of benzene rings is 3. The fraction of sp³-hybridized carbons (Fsp3) is 0.0800. The molecular formula is C25H16ClFN2O3S. The van der Waals surface area contributed by atoms with Gasteiger partial charge in [0, 0.05) is 5.56 Å². The Hall–Kier alpha value is -3.60. The number of halogens is 2. The molecule has 3 aromatic carbocycles. The van der Waals surface area contributed by atoms with Crippen molar-refractivity contribution >= 4 is 40.6 Å². The third-order valence-corrected chi connectivity index (χ3v) is 6.10. The minimum Gasteiger partial charge on any atom is -0.487 e. The van der Waals surface area contributed by atoms with Crippen molar-refractivity contribution < 1.29 is 18.7 Å². The third-order valence-electron chi connectivity index (χ3n) is 4.90. The minimum atomic E-state index is -0.418. The predicted octanol–water partition coefficient (Wildman–Crippen LogP) is 6.17. The van der Waals surface area contributed by atoms with E-state index in [2.05, 4.69) is 6.07 Å². The van der Waals surface area contributed by atoms with Crippen molar-refractivity contribution in [1.29, 1.82) is 5.26 Å². The largest absolute Gasteiger partial charge is 0.487 e. The first-order valence-electron chi connectivity index (χ1n) is 9.85. The van der Waals surface area contributed by atoms with Crippen LogP contribution >= 0.6 is 23.4 Å². The molecule has 164 valence electrons. The van der Waals surface area contributed by atoms with Crippen molar-refractivity contribution in [2.24, 2.45) is 0 Å². The monoisotopic (exact) mass is 478 g/mol. The van der Waals surface area contributed by atoms with Gasteiger partial charge in [-0.1, -0.05) is 48.0 Å². The van der Waals surface area contributed by atoms with Gasteiger partial charge in [0.25, 0.3) is 11.1 Å². The predicted molar refractivity (Wildman–Crippen MR) is 125 cm³/mol. The first-order chi connectivity index (χ1) is 15.9. The second-order valence-electron chi connectivity index (χ2n) is 7.14. The Morgan fingerprint density at radius 1 is 1.09 bits per heavy atom. The summed E-state index contributed by atoms with van der Waals surface area (Å²) in [6.07, 6.45) is 1.59. The van der Waals surface area contributed by atoms with Crippen molar-refractivity contribution in [3.8, 4) is 11.8 Å². The molecule has 0 saturated carbocycles. The number of carbonyl (C=O) groups is 2. The maximum Gasteiger partial charge on any atom is 0.293 e. The van der Waals surface area contributed by atoms with E-state index in [0.717, 1.165) is 22.2 Å². The number of ether oxygens (including phenoxy) is 1. The maximum absolute atomic E-state index is 13.1. The molecule has 0 atom stereocenters. The molecule has 1 fully saturated rings. The lowest BCUT2D eigenvalue weighted by Crippen LogP contribution is -2.27. The number of imide groups is 1. The molecule has 1 heterocycles. The normalized spacial score (nSPS) is 14.6. The molecule has 0 N–H and O–H groups in total. The van der Waals surface area contributed by atoms with E-state index in [1.807, 2.05) is 12.1 Å². The summed E-state index contributed by atoms with van der Waals surface area (Å²) in [5.74, 6) is -0.365. The molecule has 0 radical (unpaired) electrons. The quantitative estimate of drug-likeness (QED) is 0.396. The Morgan fingerprint density at radius 3 is 2.58 bits per heavy atom. The molecule has 0 bridgehead atoms. The zero-order valence-corrected chi connectivity index (χ0v) is 18.7. The van der Waals surface area contributed by atoms with Crippen LogP contribution in [0.1, 0.15) is 22.3 Å². The topological polar surface area (TPSA) is 70.4 Å². The van der Waals surface area contributed by atoms with Crippen LogP contribution in [0.25, 0.3) is 6.08 Å². The van der Waals surface area contributed by atoms with Gasteiger partial charge in [0.1, 0.15) is 18.2 Å². The average Bonchev–Trinajstić information content (AvgIpc) is 3.07. The van der Waals surface area contributed by atoms with Crippen LogP contribution in [0, 0.1) is 17.1 Å². The van der Waals surface area contributed by atoms with Crippen LogP contribution in [0.5, 0.6) is 5.75 Å². The van der Waals surface area contributed by atoms with Gasteiger partial charge in [-0.25, -0.2) is 4.39 Å². The van der Waals surface area contributed by atoms with Crippen molar-refractivity contribution in [2.75, 3.05) is 0 Å². The van der Waals surface area contributed by atoms with E-state index in [0.29, 0.717) is 27.5 Å². The van der Waals surface area contributed by atoms with Crippen LogP contribution in [0.15, 0.2) is 71.6 Å². The first kappa shape index (κ1) is 22.6. The number of nitriles is 1. The number of nitrogens with zero attached hydrogens (tertiary/aromatic N) is 2. The summed E-state index contributed by atoms with van der Waals surface area (Å²) >= 11 is 7.19. The van der Waals surface area contributed by atoms with Gasteiger partial charge in [-0.2, -0.15) is 5.26 Å². The van der Waals surface area contributed by atoms with E-state index < -0.39 is 11.1 Å². The van der Waals surface area contributed by atoms with E-state index in [9.17, 15) is 19.2 Å². The van der Waals surface area contributed by atoms with Gasteiger partial charge in [-0.3, -0.25) is 14.5 Å². The first-order valence-corrected chi connectivity index (χ1v) is 11.0. The van der Waals surface area contributed by atoms with Crippen molar-refractivity contribution in [2.45, 2.75) is 13.2 Å². The molecule has 0 aromatic heterocycles. The molecule has 33 heavy (non-hydrogen) atoms. The maximum atomic E-state index is 13.1. The van der Waals surface area contributed by atoms with Crippen molar-refractivity contribution in [3.63, 3.8) is 0 Å². The number of amides is 2. The Balaban J connectivity index is 1.46. The molecule has 0 spiro atoms. The van der Waals surface area contributed by atoms with Crippen LogP contribution in [0.2, 0.25) is 5.02 Å². The van der Waals surface area contributed by atoms with Crippen LogP contribution in [0.3, 0.4) is 0 Å². The molecule has 0 unspecified atom stereocenters. The number of hydrogen-bond donors (Lipinski definition) is 0. The Bertz CT molecular complexity index is 1300. The molecule has 3 aromatic rings. The van der Waals surface area contributed by atoms with Crippen LogP contribution in [-0.4, -0.2) is 16.0 Å². The summed E-state index contributed by atoms with van der Waals surface area (Å²) in [5.41, 5.74) is 2.57. The lowest BCUT2D eigenvalue weighted by molar-refractivity contribution is -0.123. The van der Waals surface area contributed by atoms with E-state index in [4.69, 9.17) is 16.3 Å². The number of rotatable bonds is 6. The summed E-state index contributed by atoms with van der Waals surface area (Å²) in [4.78, 5) is 26.4. The summed E-state index contributed by atoms with van der Waals surface area (Å²) in [6, 6.07) is 19.9. The zero-order valence-electron chi connectivity index (χ0n) is 17.1. The summed E-state index contributed by atoms with van der Waals surface area (Å²) in [7, 11) is 0. The van der Waals surface area contributed by atoms with Crippen LogP contribution < -0.4 is 4.74 Å². The molecule has 8 heteroatoms. The highest BCUT2D eigenvalue weighted by molar-refractivity contribution is 8.18. The van der Waals surface area contributed by atoms with Crippen molar-refractivity contribution in [3.05, 3.63) is 105 Å². The Kier molecular flexibility index (Phi) is 6.78. The van der Waals surface area contributed by atoms with Gasteiger partial charge < -0.3 is 4.74 Å². The fourth-order valence-corrected chi connectivity index (χ4v) is 4.28. The molecule has 1 saturated heterocycles. The molecule has 1 aliphatic heterocycles. The fourth-order valence-electron chi connectivity index (χ4n) is 3.19. The summed E-state index contributed by atoms with van der Waals surface area (Å²) in [6.45, 7) is 0.255. The molecule has 5 nitrogen and oxygen atoms in total. The van der Waals surface area contributed by atoms with E-state index in [1.54, 1.807) is 36.4 Å². The van der Waals surface area contributed by atoms with Crippen molar-refractivity contribution in [1.82, 2.24) is 4.90 Å². The standard InChI is InChI=1S/C25H16ClFN2O3S/c26-21-11-17(7-10-22(21)32-15-19-4-2-1-3-18(19)13-28)12-23-24(30)29(25(31)33-23)14-16-5-8-20(27)9-6-16/h1-12H,14-15H2/b23-12-. The van der Waals surface area contributed by atoms with Gasteiger partial charge in [0.05, 0.1) is 28.1 Å². The van der Waals surface area contributed by atoms with Crippen LogP contribution in [-0.2, 0) is 17.9 Å². The van der Waals surface area contributed by atoms with Gasteiger partial charge in [0.2, 0.25) is 0 Å². The molecule has 2 amide bonds. The SMILES string of the molecule is N#Cc1ccccc1COc1ccc(/C=C2\SC(=O)N(Cc3ccc(F)cc3)C2=O)cc1Cl. The molecule has 1 aliphatic rings. The molecule has 4 rings (SSSR count). The zero-order chi connectivity index (χ0) is 23.4. The summed E-state index contributed by atoms with van der Waals surface area (Å²) < 4.78 is 18.8. The van der Waals surface area contributed by atoms with Crippen LogP contribution in [0.4, 0.5) is 9.18 Å². The minimum absolute atomic E-state index is 0.0694. The highest BCUT2D eigenvalue weighted by atomic mass is 35.5. The van der Waals surface area contributed by atoms with Gasteiger partial charge in [0.15, 0.2) is 0 Å². The number of thioether (sulfide) groups is 1. The highest BCUT2D eigenvalue weighted by Gasteiger charge is 2.35. The Morgan fingerprint density at radius 2 is 1.85 bits per heavy atom. The van der Waals surface area contributed by atoms with E-state index >= 15 is 0 Å².